The Morgan fingerprint density at radius 3 is 2.83 bits per heavy atom. The van der Waals surface area contributed by atoms with E-state index in [1.165, 1.54) is 30.5 Å². The summed E-state index contributed by atoms with van der Waals surface area (Å²) in [5.41, 5.74) is 2.70. The Morgan fingerprint density at radius 1 is 1.39 bits per heavy atom. The summed E-state index contributed by atoms with van der Waals surface area (Å²) in [5, 5.41) is 4.50. The summed E-state index contributed by atoms with van der Waals surface area (Å²) in [4.78, 5) is 2.33. The normalized spacial score (nSPS) is 25.3. The Hall–Kier alpha value is -0.570. The van der Waals surface area contributed by atoms with Gasteiger partial charge in [0.2, 0.25) is 0 Å². The summed E-state index contributed by atoms with van der Waals surface area (Å²) in [5.74, 6) is 0.640. The van der Waals surface area contributed by atoms with Gasteiger partial charge in [0.25, 0.3) is 0 Å². The summed E-state index contributed by atoms with van der Waals surface area (Å²) in [6, 6.07) is 7.33. The van der Waals surface area contributed by atoms with Crippen LogP contribution in [0.2, 0.25) is 5.02 Å². The molecule has 2 nitrogen and oxygen atoms in total. The number of likely N-dealkylation sites (tertiary alicyclic amines) is 1. The third-order valence-corrected chi connectivity index (χ3v) is 4.54. The lowest BCUT2D eigenvalue weighted by molar-refractivity contribution is 0.190. The van der Waals surface area contributed by atoms with Crippen molar-refractivity contribution in [2.24, 2.45) is 0 Å². The number of nitrogens with zero attached hydrogens (tertiary/aromatic N) is 1. The number of nitrogens with one attached hydrogen (secondary N) is 1. The smallest absolute Gasteiger partial charge is 0.0444 e. The molecule has 0 radical (unpaired) electrons. The van der Waals surface area contributed by atoms with E-state index in [-0.39, 0.29) is 0 Å². The fourth-order valence-corrected chi connectivity index (χ4v) is 3.50. The van der Waals surface area contributed by atoms with E-state index in [0.29, 0.717) is 12.0 Å². The van der Waals surface area contributed by atoms with Crippen LogP contribution in [0.5, 0.6) is 0 Å². The third-order valence-electron chi connectivity index (χ3n) is 4.21. The molecule has 2 aliphatic rings. The Labute approximate surface area is 114 Å². The van der Waals surface area contributed by atoms with Gasteiger partial charge in [0.15, 0.2) is 0 Å². The van der Waals surface area contributed by atoms with E-state index in [9.17, 15) is 0 Å². The van der Waals surface area contributed by atoms with Crippen LogP contribution in [-0.4, -0.2) is 37.6 Å². The van der Waals surface area contributed by atoms with E-state index in [1.54, 1.807) is 0 Å². The van der Waals surface area contributed by atoms with Crippen molar-refractivity contribution in [3.05, 3.63) is 34.3 Å². The largest absolute Gasteiger partial charge is 0.314 e. The second-order valence-corrected chi connectivity index (χ2v) is 6.18. The van der Waals surface area contributed by atoms with Gasteiger partial charge < -0.3 is 10.2 Å². The summed E-state index contributed by atoms with van der Waals surface area (Å²) < 4.78 is 0. The molecule has 3 rings (SSSR count). The van der Waals surface area contributed by atoms with Crippen LogP contribution >= 0.6 is 11.6 Å². The predicted octanol–water partition coefficient (Wildman–Crippen LogP) is 2.66. The minimum absolute atomic E-state index is 0.640. The van der Waals surface area contributed by atoms with Crippen LogP contribution in [0, 0.1) is 0 Å². The molecule has 1 N–H and O–H groups in total. The van der Waals surface area contributed by atoms with E-state index >= 15 is 0 Å². The van der Waals surface area contributed by atoms with E-state index < -0.39 is 0 Å². The van der Waals surface area contributed by atoms with Crippen LogP contribution in [0.3, 0.4) is 0 Å². The molecule has 2 heterocycles. The summed E-state index contributed by atoms with van der Waals surface area (Å²) >= 11 is 6.43. The SMILES string of the molecule is CN1CC(c2ccc(CC3CCCN3)cc2Cl)C1. The zero-order valence-corrected chi connectivity index (χ0v) is 11.7. The van der Waals surface area contributed by atoms with Gasteiger partial charge in [-0.1, -0.05) is 23.7 Å². The molecule has 3 heteroatoms. The lowest BCUT2D eigenvalue weighted by Gasteiger charge is -2.37. The molecule has 1 aromatic carbocycles. The number of halogens is 1. The van der Waals surface area contributed by atoms with Gasteiger partial charge in [-0.05, 0) is 50.0 Å². The highest BCUT2D eigenvalue weighted by atomic mass is 35.5. The van der Waals surface area contributed by atoms with E-state index in [1.807, 2.05) is 0 Å². The second-order valence-electron chi connectivity index (χ2n) is 5.77. The number of benzene rings is 1. The Bertz CT molecular complexity index is 421. The first kappa shape index (κ1) is 12.5. The summed E-state index contributed by atoms with van der Waals surface area (Å²) in [7, 11) is 2.16. The summed E-state index contributed by atoms with van der Waals surface area (Å²) in [6.07, 6.45) is 3.72. The van der Waals surface area contributed by atoms with Crippen LogP contribution < -0.4 is 5.32 Å². The maximum atomic E-state index is 6.43. The third kappa shape index (κ3) is 2.56. The predicted molar refractivity (Wildman–Crippen MR) is 76.4 cm³/mol. The van der Waals surface area contributed by atoms with Gasteiger partial charge >= 0.3 is 0 Å². The molecule has 2 saturated heterocycles. The number of hydrogen-bond acceptors (Lipinski definition) is 2. The molecule has 98 valence electrons. The van der Waals surface area contributed by atoms with Crippen molar-refractivity contribution in [1.29, 1.82) is 0 Å². The zero-order chi connectivity index (χ0) is 12.5. The topological polar surface area (TPSA) is 15.3 Å². The molecule has 1 aromatic rings. The Morgan fingerprint density at radius 2 is 2.22 bits per heavy atom. The highest BCUT2D eigenvalue weighted by molar-refractivity contribution is 6.31. The highest BCUT2D eigenvalue weighted by Crippen LogP contribution is 2.32. The second kappa shape index (κ2) is 5.20. The standard InChI is InChI=1S/C15H21ClN2/c1-18-9-12(10-18)14-5-4-11(8-15(14)16)7-13-3-2-6-17-13/h4-5,8,12-13,17H,2-3,6-7,9-10H2,1H3. The van der Waals surface area contributed by atoms with E-state index in [2.05, 4.69) is 35.5 Å². The summed E-state index contributed by atoms with van der Waals surface area (Å²) in [6.45, 7) is 3.46. The molecule has 0 spiro atoms. The maximum Gasteiger partial charge on any atom is 0.0444 e. The molecule has 18 heavy (non-hydrogen) atoms. The number of likely N-dealkylation sites (N-methyl/N-ethyl adjacent to an activating group) is 1. The first-order chi connectivity index (χ1) is 8.72. The molecular weight excluding hydrogens is 244 g/mol. The lowest BCUT2D eigenvalue weighted by Crippen LogP contribution is -2.41. The maximum absolute atomic E-state index is 6.43. The number of hydrogen-bond donors (Lipinski definition) is 1. The number of rotatable bonds is 3. The van der Waals surface area contributed by atoms with Gasteiger partial charge in [-0.2, -0.15) is 0 Å². The molecule has 0 aromatic heterocycles. The fourth-order valence-electron chi connectivity index (χ4n) is 3.14. The van der Waals surface area contributed by atoms with Crippen molar-refractivity contribution in [2.45, 2.75) is 31.2 Å². The monoisotopic (exact) mass is 264 g/mol. The van der Waals surface area contributed by atoms with Crippen LogP contribution in [-0.2, 0) is 6.42 Å². The quantitative estimate of drug-likeness (QED) is 0.903. The molecular formula is C15H21ClN2. The van der Waals surface area contributed by atoms with Gasteiger partial charge in [-0.25, -0.2) is 0 Å². The van der Waals surface area contributed by atoms with Crippen LogP contribution in [0.1, 0.15) is 29.9 Å². The first-order valence-corrected chi connectivity index (χ1v) is 7.30. The van der Waals surface area contributed by atoms with Crippen molar-refractivity contribution in [3.63, 3.8) is 0 Å². The lowest BCUT2D eigenvalue weighted by atomic mass is 9.90. The first-order valence-electron chi connectivity index (χ1n) is 6.92. The minimum Gasteiger partial charge on any atom is -0.314 e. The molecule has 2 aliphatic heterocycles. The van der Waals surface area contributed by atoms with Gasteiger partial charge in [-0.3, -0.25) is 0 Å². The van der Waals surface area contributed by atoms with Crippen molar-refractivity contribution in [1.82, 2.24) is 10.2 Å². The van der Waals surface area contributed by atoms with Gasteiger partial charge in [0.1, 0.15) is 0 Å². The van der Waals surface area contributed by atoms with Crippen LogP contribution in [0.25, 0.3) is 0 Å². The molecule has 1 unspecified atom stereocenters. The van der Waals surface area contributed by atoms with Crippen molar-refractivity contribution in [3.8, 4) is 0 Å². The average molecular weight is 265 g/mol. The van der Waals surface area contributed by atoms with Gasteiger partial charge in [-0.15, -0.1) is 0 Å². The van der Waals surface area contributed by atoms with Gasteiger partial charge in [0.05, 0.1) is 0 Å². The molecule has 0 amide bonds. The van der Waals surface area contributed by atoms with Crippen LogP contribution in [0.4, 0.5) is 0 Å². The molecule has 0 aliphatic carbocycles. The Balaban J connectivity index is 1.68. The molecule has 2 fully saturated rings. The van der Waals surface area contributed by atoms with E-state index in [0.717, 1.165) is 24.5 Å². The molecule has 1 atom stereocenters. The fraction of sp³-hybridized carbons (Fsp3) is 0.600. The Kier molecular flexibility index (Phi) is 3.60. The molecule has 0 bridgehead atoms. The highest BCUT2D eigenvalue weighted by Gasteiger charge is 2.26. The van der Waals surface area contributed by atoms with Crippen molar-refractivity contribution < 1.29 is 0 Å². The molecule has 0 saturated carbocycles. The van der Waals surface area contributed by atoms with Crippen molar-refractivity contribution in [2.75, 3.05) is 26.7 Å². The van der Waals surface area contributed by atoms with Gasteiger partial charge in [0, 0.05) is 30.1 Å². The van der Waals surface area contributed by atoms with Crippen molar-refractivity contribution >= 4 is 11.6 Å². The minimum atomic E-state index is 0.640. The van der Waals surface area contributed by atoms with E-state index in [4.69, 9.17) is 11.6 Å². The zero-order valence-electron chi connectivity index (χ0n) is 11.0. The van der Waals surface area contributed by atoms with Crippen LogP contribution in [0.15, 0.2) is 18.2 Å². The average Bonchev–Trinajstić information content (AvgIpc) is 2.79.